The molecule has 2 aliphatic heterocycles. The van der Waals surface area contributed by atoms with Gasteiger partial charge in [0.25, 0.3) is 5.71 Å². The molecule has 1 saturated carbocycles. The predicted octanol–water partition coefficient (Wildman–Crippen LogP) is 1.89. The number of aromatic nitrogens is 3. The topological polar surface area (TPSA) is 87.4 Å². The molecule has 1 amide bonds. The Morgan fingerprint density at radius 3 is 2.75 bits per heavy atom. The van der Waals surface area contributed by atoms with E-state index in [1.165, 1.54) is 0 Å². The van der Waals surface area contributed by atoms with Crippen LogP contribution in [0.4, 0.5) is 5.82 Å². The molecular formula is C20H28N6O2. The molecule has 0 spiro atoms. The molecule has 3 fully saturated rings. The van der Waals surface area contributed by atoms with Crippen LogP contribution in [0.3, 0.4) is 0 Å². The zero-order valence-corrected chi connectivity index (χ0v) is 16.4. The van der Waals surface area contributed by atoms with Crippen molar-refractivity contribution in [3.05, 3.63) is 12.0 Å². The van der Waals surface area contributed by atoms with Crippen molar-refractivity contribution in [2.75, 3.05) is 31.1 Å². The van der Waals surface area contributed by atoms with Gasteiger partial charge in [-0.3, -0.25) is 9.69 Å². The number of anilines is 1. The van der Waals surface area contributed by atoms with Crippen LogP contribution < -0.4 is 10.2 Å². The highest BCUT2D eigenvalue weighted by Gasteiger charge is 2.34. The van der Waals surface area contributed by atoms with Gasteiger partial charge in [0.1, 0.15) is 17.5 Å². The third-order valence-corrected chi connectivity index (χ3v) is 6.45. The fourth-order valence-electron chi connectivity index (χ4n) is 4.69. The van der Waals surface area contributed by atoms with Crippen LogP contribution >= 0.6 is 0 Å². The number of nitrogens with one attached hydrogen (secondary N) is 1. The smallest absolute Gasteiger partial charge is 0.263 e. The summed E-state index contributed by atoms with van der Waals surface area (Å²) in [5.74, 6) is 1.37. The zero-order valence-electron chi connectivity index (χ0n) is 16.4. The first kappa shape index (κ1) is 17.8. The van der Waals surface area contributed by atoms with Crippen molar-refractivity contribution in [3.63, 3.8) is 0 Å². The van der Waals surface area contributed by atoms with Crippen LogP contribution in [0.25, 0.3) is 11.1 Å². The maximum Gasteiger partial charge on any atom is 0.263 e. The Morgan fingerprint density at radius 1 is 1.14 bits per heavy atom. The summed E-state index contributed by atoms with van der Waals surface area (Å²) in [5.41, 5.74) is 1.40. The zero-order chi connectivity index (χ0) is 19.1. The molecule has 0 radical (unpaired) electrons. The van der Waals surface area contributed by atoms with Crippen molar-refractivity contribution in [2.45, 2.75) is 57.5 Å². The molecule has 8 nitrogen and oxygen atoms in total. The van der Waals surface area contributed by atoms with Crippen molar-refractivity contribution in [1.29, 1.82) is 0 Å². The lowest BCUT2D eigenvalue weighted by Gasteiger charge is -2.42. The van der Waals surface area contributed by atoms with E-state index in [-0.39, 0.29) is 11.8 Å². The number of piperidine rings is 2. The standard InChI is InChI=1S/C20H28N6O2/c1-13-17-18(21-12-22-20(17)28-24-13)25-9-6-16(7-10-25)26-8-2-3-14(11-26)19(27)23-15-4-5-15/h12,14-16H,2-11H2,1H3,(H,23,27). The van der Waals surface area contributed by atoms with E-state index < -0.39 is 0 Å². The minimum atomic E-state index is 0.161. The van der Waals surface area contributed by atoms with Crippen LogP contribution in [-0.2, 0) is 4.79 Å². The summed E-state index contributed by atoms with van der Waals surface area (Å²) < 4.78 is 5.29. The molecule has 28 heavy (non-hydrogen) atoms. The summed E-state index contributed by atoms with van der Waals surface area (Å²) in [4.78, 5) is 26.0. The van der Waals surface area contributed by atoms with Crippen LogP contribution in [0.15, 0.2) is 10.9 Å². The van der Waals surface area contributed by atoms with Gasteiger partial charge < -0.3 is 14.7 Å². The Labute approximate surface area is 164 Å². The number of amides is 1. The highest BCUT2D eigenvalue weighted by atomic mass is 16.5. The van der Waals surface area contributed by atoms with Gasteiger partial charge in [0.05, 0.1) is 11.6 Å². The fourth-order valence-corrected chi connectivity index (χ4v) is 4.69. The molecule has 0 aromatic carbocycles. The number of nitrogens with zero attached hydrogens (tertiary/aromatic N) is 5. The van der Waals surface area contributed by atoms with E-state index in [9.17, 15) is 4.79 Å². The molecule has 1 atom stereocenters. The molecule has 5 rings (SSSR count). The summed E-state index contributed by atoms with van der Waals surface area (Å²) >= 11 is 0. The van der Waals surface area contributed by atoms with Gasteiger partial charge in [-0.1, -0.05) is 5.16 Å². The number of carbonyl (C=O) groups is 1. The Morgan fingerprint density at radius 2 is 1.96 bits per heavy atom. The number of carbonyl (C=O) groups excluding carboxylic acids is 1. The number of hydrogen-bond acceptors (Lipinski definition) is 7. The molecule has 3 aliphatic rings. The normalized spacial score (nSPS) is 24.6. The summed E-state index contributed by atoms with van der Waals surface area (Å²) in [6.07, 6.45) is 8.20. The summed E-state index contributed by atoms with van der Waals surface area (Å²) in [5, 5.41) is 8.16. The first-order chi connectivity index (χ1) is 13.7. The lowest BCUT2D eigenvalue weighted by atomic mass is 9.93. The highest BCUT2D eigenvalue weighted by Crippen LogP contribution is 2.30. The van der Waals surface area contributed by atoms with Crippen molar-refractivity contribution >= 4 is 22.8 Å². The molecular weight excluding hydrogens is 356 g/mol. The van der Waals surface area contributed by atoms with Crippen molar-refractivity contribution in [1.82, 2.24) is 25.3 Å². The lowest BCUT2D eigenvalue weighted by molar-refractivity contribution is -0.127. The minimum Gasteiger partial charge on any atom is -0.356 e. The molecule has 2 aromatic rings. The van der Waals surface area contributed by atoms with E-state index in [2.05, 4.69) is 30.2 Å². The van der Waals surface area contributed by atoms with Crippen LogP contribution in [0.5, 0.6) is 0 Å². The van der Waals surface area contributed by atoms with E-state index in [0.717, 1.165) is 81.6 Å². The maximum atomic E-state index is 12.5. The molecule has 1 N–H and O–H groups in total. The van der Waals surface area contributed by atoms with E-state index in [1.54, 1.807) is 6.33 Å². The summed E-state index contributed by atoms with van der Waals surface area (Å²) in [7, 11) is 0. The first-order valence-corrected chi connectivity index (χ1v) is 10.6. The largest absolute Gasteiger partial charge is 0.356 e. The van der Waals surface area contributed by atoms with Crippen LogP contribution in [0.2, 0.25) is 0 Å². The molecule has 1 aliphatic carbocycles. The summed E-state index contributed by atoms with van der Waals surface area (Å²) in [6.45, 7) is 5.87. The average Bonchev–Trinajstić information content (AvgIpc) is 3.48. The Balaban J connectivity index is 1.22. The molecule has 2 aromatic heterocycles. The number of rotatable bonds is 4. The lowest BCUT2D eigenvalue weighted by Crippen LogP contribution is -2.51. The fraction of sp³-hybridized carbons (Fsp3) is 0.700. The molecule has 150 valence electrons. The van der Waals surface area contributed by atoms with Gasteiger partial charge in [-0.2, -0.15) is 4.98 Å². The third-order valence-electron chi connectivity index (χ3n) is 6.45. The van der Waals surface area contributed by atoms with Gasteiger partial charge >= 0.3 is 0 Å². The highest BCUT2D eigenvalue weighted by molar-refractivity contribution is 5.87. The number of likely N-dealkylation sites (tertiary alicyclic amines) is 1. The second kappa shape index (κ2) is 7.31. The van der Waals surface area contributed by atoms with Gasteiger partial charge in [0, 0.05) is 31.7 Å². The Kier molecular flexibility index (Phi) is 4.66. The SMILES string of the molecule is Cc1noc2ncnc(N3CCC(N4CCCC(C(=O)NC5CC5)C4)CC3)c12. The van der Waals surface area contributed by atoms with Crippen molar-refractivity contribution in [3.8, 4) is 0 Å². The van der Waals surface area contributed by atoms with Gasteiger partial charge in [0.15, 0.2) is 0 Å². The Bertz CT molecular complexity index is 855. The summed E-state index contributed by atoms with van der Waals surface area (Å²) in [6, 6.07) is 1.00. The Hall–Kier alpha value is -2.22. The van der Waals surface area contributed by atoms with Gasteiger partial charge in [-0.25, -0.2) is 4.98 Å². The minimum absolute atomic E-state index is 0.161. The van der Waals surface area contributed by atoms with Gasteiger partial charge in [0.2, 0.25) is 5.91 Å². The molecule has 0 bridgehead atoms. The predicted molar refractivity (Wildman–Crippen MR) is 105 cm³/mol. The third kappa shape index (κ3) is 3.45. The molecule has 2 saturated heterocycles. The van der Waals surface area contributed by atoms with Crippen LogP contribution in [0, 0.1) is 12.8 Å². The van der Waals surface area contributed by atoms with Crippen LogP contribution in [-0.4, -0.2) is 64.2 Å². The number of hydrogen-bond donors (Lipinski definition) is 1. The van der Waals surface area contributed by atoms with E-state index in [4.69, 9.17) is 4.52 Å². The molecule has 8 heteroatoms. The maximum absolute atomic E-state index is 12.5. The first-order valence-electron chi connectivity index (χ1n) is 10.6. The average molecular weight is 384 g/mol. The van der Waals surface area contributed by atoms with Crippen molar-refractivity contribution < 1.29 is 9.32 Å². The second-order valence-corrected chi connectivity index (χ2v) is 8.48. The van der Waals surface area contributed by atoms with Gasteiger partial charge in [-0.15, -0.1) is 0 Å². The van der Waals surface area contributed by atoms with Crippen LogP contribution in [0.1, 0.15) is 44.2 Å². The van der Waals surface area contributed by atoms with E-state index in [0.29, 0.717) is 17.8 Å². The number of aryl methyl sites for hydroxylation is 1. The van der Waals surface area contributed by atoms with E-state index in [1.807, 2.05) is 6.92 Å². The van der Waals surface area contributed by atoms with Crippen molar-refractivity contribution in [2.24, 2.45) is 5.92 Å². The quantitative estimate of drug-likeness (QED) is 0.861. The van der Waals surface area contributed by atoms with E-state index >= 15 is 0 Å². The second-order valence-electron chi connectivity index (χ2n) is 8.48. The molecule has 4 heterocycles. The molecule has 1 unspecified atom stereocenters. The van der Waals surface area contributed by atoms with Gasteiger partial charge in [-0.05, 0) is 52.0 Å². The monoisotopic (exact) mass is 384 g/mol. The number of fused-ring (bicyclic) bond motifs is 1.